The van der Waals surface area contributed by atoms with Crippen molar-refractivity contribution in [1.29, 1.82) is 0 Å². The van der Waals surface area contributed by atoms with Crippen LogP contribution in [-0.4, -0.2) is 233 Å². The van der Waals surface area contributed by atoms with Crippen LogP contribution in [0.25, 0.3) is 0 Å². The van der Waals surface area contributed by atoms with Gasteiger partial charge in [0.2, 0.25) is 11.8 Å². The van der Waals surface area contributed by atoms with Crippen molar-refractivity contribution < 1.29 is 71.9 Å². The number of thiocarbonyl (C=S) groups is 1. The summed E-state index contributed by atoms with van der Waals surface area (Å²) in [6.45, 7) is 1.61. The van der Waals surface area contributed by atoms with Crippen LogP contribution in [0.3, 0.4) is 0 Å². The number of benzene rings is 2. The monoisotopic (exact) mass is 1070 g/mol. The summed E-state index contributed by atoms with van der Waals surface area (Å²) in [5.74, 6) is -3.83. The van der Waals surface area contributed by atoms with Gasteiger partial charge in [0.1, 0.15) is 18.9 Å². The maximum Gasteiger partial charge on any atom is 0.412 e. The maximum atomic E-state index is 13.3. The molecule has 6 atom stereocenters. The van der Waals surface area contributed by atoms with Crippen LogP contribution < -0.4 is 26.6 Å². The number of rotatable bonds is 26. The minimum Gasteiger partial charge on any atom is -0.480 e. The van der Waals surface area contributed by atoms with Crippen LogP contribution in [0.15, 0.2) is 48.5 Å². The molecule has 26 heteroatoms. The number of esters is 3. The smallest absolute Gasteiger partial charge is 0.412 e. The molecule has 3 saturated heterocycles. The number of carbonyl (C=O) groups excluding carboxylic acids is 7. The predicted octanol–water partition coefficient (Wildman–Crippen LogP) is -1.34. The number of hydrogen-bond acceptors (Lipinski definition) is 20. The maximum absolute atomic E-state index is 13.3. The zero-order valence-corrected chi connectivity index (χ0v) is 43.1. The number of anilines is 1. The van der Waals surface area contributed by atoms with Crippen LogP contribution >= 0.6 is 24.0 Å². The Labute approximate surface area is 439 Å². The topological polar surface area (TPSA) is 285 Å². The first-order chi connectivity index (χ1) is 35.8. The van der Waals surface area contributed by atoms with E-state index in [-0.39, 0.29) is 77.6 Å². The van der Waals surface area contributed by atoms with Crippen molar-refractivity contribution in [2.45, 2.75) is 37.9 Å². The van der Waals surface area contributed by atoms with Gasteiger partial charge in [-0.25, -0.2) is 0 Å². The first-order valence-corrected chi connectivity index (χ1v) is 26.0. The van der Waals surface area contributed by atoms with Gasteiger partial charge in [0.25, 0.3) is 5.91 Å². The molecule has 2 aromatic carbocycles. The summed E-state index contributed by atoms with van der Waals surface area (Å²) in [6.07, 6.45) is 3.30. The van der Waals surface area contributed by atoms with Gasteiger partial charge in [-0.2, -0.15) is 11.8 Å². The Hall–Kier alpha value is -5.84. The number of nitrogens with one attached hydrogen (secondary N) is 5. The lowest BCUT2D eigenvalue weighted by atomic mass is 10.0. The molecule has 3 aliphatic heterocycles. The second-order valence-electron chi connectivity index (χ2n) is 17.3. The van der Waals surface area contributed by atoms with Crippen molar-refractivity contribution in [1.82, 2.24) is 40.9 Å². The molecule has 0 spiro atoms. The van der Waals surface area contributed by atoms with Gasteiger partial charge in [-0.1, -0.05) is 24.3 Å². The molecule has 406 valence electrons. The number of fused-ring (bicyclic) bond motifs is 7. The number of amides is 3. The lowest BCUT2D eigenvalue weighted by molar-refractivity contribution is -0.258. The highest BCUT2D eigenvalue weighted by molar-refractivity contribution is 7.98. The number of thioether (sulfide) groups is 1. The number of aldehydes is 1. The molecule has 3 aliphatic rings. The summed E-state index contributed by atoms with van der Waals surface area (Å²) >= 11 is 7.02. The van der Waals surface area contributed by atoms with Crippen molar-refractivity contribution >= 4 is 82.7 Å². The van der Waals surface area contributed by atoms with Crippen LogP contribution in [-0.2, 0) is 74.9 Å². The molecule has 5 unspecified atom stereocenters. The number of hydrogen-bond donors (Lipinski definition) is 6. The molecular formula is C48H67N9O15S2. The number of aliphatic carboxylic acids is 1. The lowest BCUT2D eigenvalue weighted by Gasteiger charge is -2.38. The molecule has 3 amide bonds. The van der Waals surface area contributed by atoms with E-state index in [2.05, 4.69) is 26.6 Å². The molecule has 0 radical (unpaired) electrons. The second kappa shape index (κ2) is 32.5. The third-order valence-electron chi connectivity index (χ3n) is 11.7. The molecule has 4 bridgehead atoms. The first kappa shape index (κ1) is 59.0. The van der Waals surface area contributed by atoms with Crippen molar-refractivity contribution in [2.75, 3.05) is 142 Å². The van der Waals surface area contributed by atoms with Gasteiger partial charge >= 0.3 is 30.4 Å². The molecule has 2 aromatic rings. The van der Waals surface area contributed by atoms with E-state index in [9.17, 15) is 43.5 Å². The van der Waals surface area contributed by atoms with Crippen molar-refractivity contribution in [3.63, 3.8) is 0 Å². The summed E-state index contributed by atoms with van der Waals surface area (Å²) in [6, 6.07) is 13.1. The normalized spacial score (nSPS) is 20.9. The molecule has 0 saturated carbocycles. The third kappa shape index (κ3) is 22.3. The highest BCUT2D eigenvalue weighted by Gasteiger charge is 2.33. The fraction of sp³-hybridized carbons (Fsp3) is 0.562. The third-order valence-corrected chi connectivity index (χ3v) is 12.6. The van der Waals surface area contributed by atoms with E-state index in [0.717, 1.165) is 11.3 Å². The van der Waals surface area contributed by atoms with E-state index in [4.69, 9.17) is 40.6 Å². The van der Waals surface area contributed by atoms with Gasteiger partial charge in [0.15, 0.2) is 5.11 Å². The fourth-order valence-corrected chi connectivity index (χ4v) is 8.63. The van der Waals surface area contributed by atoms with E-state index in [0.29, 0.717) is 107 Å². The number of carboxylic acids is 1. The summed E-state index contributed by atoms with van der Waals surface area (Å²) in [4.78, 5) is 107. The largest absolute Gasteiger partial charge is 0.480 e. The van der Waals surface area contributed by atoms with Crippen molar-refractivity contribution in [2.24, 2.45) is 0 Å². The van der Waals surface area contributed by atoms with Crippen LogP contribution in [0.5, 0.6) is 0 Å². The van der Waals surface area contributed by atoms with Gasteiger partial charge in [-0.3, -0.25) is 53.2 Å². The fourth-order valence-electron chi connectivity index (χ4n) is 7.94. The highest BCUT2D eigenvalue weighted by Crippen LogP contribution is 2.18. The first-order valence-electron chi connectivity index (χ1n) is 24.2. The average molecular weight is 1070 g/mol. The molecule has 0 aliphatic carbocycles. The van der Waals surface area contributed by atoms with Crippen LogP contribution in [0, 0.1) is 0 Å². The molecule has 0 aromatic heterocycles. The lowest BCUT2D eigenvalue weighted by Crippen LogP contribution is -2.53. The molecule has 6 N–H and O–H groups in total. The molecule has 24 nitrogen and oxygen atoms in total. The van der Waals surface area contributed by atoms with E-state index >= 15 is 0 Å². The SMILES string of the molecule is CSCC[C@H](NC(=O)c1cccc(CNC(=O)COCCOCCOCCNC(=S)Nc2ccc(CC3CN(CC(=O)O)CCN4CCN5CCN3CC(=O)OC(OC(=O)C4)OC(=O)C5)cc2)c1)C(=O)NCC=O. The Morgan fingerprint density at radius 3 is 2.14 bits per heavy atom. The summed E-state index contributed by atoms with van der Waals surface area (Å²) < 4.78 is 32.5. The van der Waals surface area contributed by atoms with Gasteiger partial charge < -0.3 is 64.9 Å². The van der Waals surface area contributed by atoms with Gasteiger partial charge in [0.05, 0.1) is 65.8 Å². The molecule has 5 rings (SSSR count). The van der Waals surface area contributed by atoms with E-state index < -0.39 is 48.2 Å². The molecule has 74 heavy (non-hydrogen) atoms. The number of ether oxygens (including phenoxy) is 6. The minimum absolute atomic E-state index is 0.106. The number of carbonyl (C=O) groups is 8. The van der Waals surface area contributed by atoms with Crippen LogP contribution in [0.4, 0.5) is 5.69 Å². The van der Waals surface area contributed by atoms with E-state index in [1.165, 1.54) is 11.8 Å². The molecular weight excluding hydrogens is 1010 g/mol. The Kier molecular flexibility index (Phi) is 25.9. The van der Waals surface area contributed by atoms with Gasteiger partial charge in [0, 0.05) is 76.2 Å². The second-order valence-corrected chi connectivity index (χ2v) is 18.7. The molecule has 3 fully saturated rings. The Bertz CT molecular complexity index is 2200. The predicted molar refractivity (Wildman–Crippen MR) is 273 cm³/mol. The van der Waals surface area contributed by atoms with Crippen LogP contribution in [0.2, 0.25) is 0 Å². The Balaban J connectivity index is 0.979. The van der Waals surface area contributed by atoms with E-state index in [1.807, 2.05) is 45.2 Å². The zero-order chi connectivity index (χ0) is 53.1. The van der Waals surface area contributed by atoms with E-state index in [1.54, 1.807) is 29.2 Å². The summed E-state index contributed by atoms with van der Waals surface area (Å²) in [7, 11) is 0. The van der Waals surface area contributed by atoms with Crippen molar-refractivity contribution in [3.8, 4) is 0 Å². The summed E-state index contributed by atoms with van der Waals surface area (Å²) in [5, 5.41) is 24.4. The minimum atomic E-state index is -1.83. The quantitative estimate of drug-likeness (QED) is 0.0275. The average Bonchev–Trinajstić information content (AvgIpc) is 3.40. The van der Waals surface area contributed by atoms with Gasteiger partial charge in [-0.15, -0.1) is 0 Å². The zero-order valence-electron chi connectivity index (χ0n) is 41.5. The van der Waals surface area contributed by atoms with Crippen LogP contribution in [0.1, 0.15) is 27.9 Å². The number of nitrogens with zero attached hydrogens (tertiary/aromatic N) is 4. The number of carboxylic acid groups (broad SMARTS) is 1. The van der Waals surface area contributed by atoms with Crippen molar-refractivity contribution in [3.05, 3.63) is 65.2 Å². The molecule has 3 heterocycles. The van der Waals surface area contributed by atoms with Gasteiger partial charge in [-0.05, 0) is 72.5 Å². The summed E-state index contributed by atoms with van der Waals surface area (Å²) in [5.41, 5.74) is 2.64. The highest BCUT2D eigenvalue weighted by atomic mass is 32.2. The Morgan fingerprint density at radius 1 is 0.811 bits per heavy atom. The Morgan fingerprint density at radius 2 is 1.46 bits per heavy atom. The standard InChI is InChI=1S/C48H67N9O15S2/c1-74-24-9-39(46(66)49-10-18-58)53-45(65)36-4-2-3-35(25-36)27-51-40(59)33-69-23-22-68-21-20-67-19-11-50-47(73)52-37-7-5-34(6-8-37)26-38-28-56(29-41(60)61)15-14-54-12-13-55-16-17-57(38)32-44(64)72-48(70-42(62)30-54)71-43(63)31-55/h2-8,18,25,38-39,48H,9-17,19-24,26-33H2,1H3,(H,49,66)(H,51,59)(H,53,65)(H,60,61)(H2,50,52,73)/t38?,39-,48?/m0/s1.